The molecule has 1 atom stereocenters. The van der Waals surface area contributed by atoms with Gasteiger partial charge in [0.2, 0.25) is 0 Å². The van der Waals surface area contributed by atoms with Crippen molar-refractivity contribution >= 4 is 23.3 Å². The molecule has 0 unspecified atom stereocenters. The molecule has 7 nitrogen and oxygen atoms in total. The van der Waals surface area contributed by atoms with Crippen LogP contribution in [0.5, 0.6) is 5.75 Å². The Morgan fingerprint density at radius 3 is 2.75 bits per heavy atom. The molecule has 0 spiro atoms. The van der Waals surface area contributed by atoms with Crippen LogP contribution in [0.2, 0.25) is 0 Å². The van der Waals surface area contributed by atoms with Crippen LogP contribution in [0.25, 0.3) is 11.1 Å². The van der Waals surface area contributed by atoms with Crippen molar-refractivity contribution in [3.05, 3.63) is 74.7 Å². The number of hydrogen-bond acceptors (Lipinski definition) is 5. The number of benzene rings is 2. The van der Waals surface area contributed by atoms with Crippen molar-refractivity contribution in [2.75, 3.05) is 0 Å². The zero-order chi connectivity index (χ0) is 22.0. The largest absolute Gasteiger partial charge is 0.488 e. The Kier molecular flexibility index (Phi) is 4.32. The molecule has 4 aromatic rings. The fourth-order valence-corrected chi connectivity index (χ4v) is 4.89. The van der Waals surface area contributed by atoms with Crippen molar-refractivity contribution in [3.8, 4) is 5.75 Å². The van der Waals surface area contributed by atoms with E-state index in [0.717, 1.165) is 6.07 Å². The van der Waals surface area contributed by atoms with Crippen LogP contribution < -0.4 is 10.4 Å². The summed E-state index contributed by atoms with van der Waals surface area (Å²) < 4.78 is 42.0. The van der Waals surface area contributed by atoms with E-state index < -0.39 is 17.7 Å². The van der Waals surface area contributed by atoms with Crippen LogP contribution in [0, 0.1) is 16.5 Å². The third kappa shape index (κ3) is 3.09. The molecule has 1 N–H and O–H groups in total. The summed E-state index contributed by atoms with van der Waals surface area (Å²) in [5, 5.41) is 4.52. The molecule has 1 saturated carbocycles. The van der Waals surface area contributed by atoms with Crippen molar-refractivity contribution in [3.63, 3.8) is 0 Å². The number of oxazole rings is 1. The molecule has 10 heteroatoms. The Balaban J connectivity index is 1.21. The molecule has 1 aliphatic heterocycles. The zero-order valence-corrected chi connectivity index (χ0v) is 17.6. The second-order valence-corrected chi connectivity index (χ2v) is 8.65. The van der Waals surface area contributed by atoms with Gasteiger partial charge in [-0.1, -0.05) is 6.07 Å². The Labute approximate surface area is 185 Å². The number of H-pyrrole nitrogens is 1. The molecule has 0 saturated heterocycles. The van der Waals surface area contributed by atoms with Crippen molar-refractivity contribution in [2.24, 2.45) is 0 Å². The molecule has 6 rings (SSSR count). The first-order chi connectivity index (χ1) is 15.5. The third-order valence-electron chi connectivity index (χ3n) is 6.25. The lowest BCUT2D eigenvalue weighted by molar-refractivity contribution is 0.0634. The average molecular weight is 456 g/mol. The van der Waals surface area contributed by atoms with E-state index in [4.69, 9.17) is 21.4 Å². The molecule has 0 bridgehead atoms. The van der Waals surface area contributed by atoms with Gasteiger partial charge in [-0.3, -0.25) is 4.57 Å². The third-order valence-corrected chi connectivity index (χ3v) is 6.44. The van der Waals surface area contributed by atoms with E-state index in [2.05, 4.69) is 10.1 Å². The number of fused-ring (bicyclic) bond motifs is 2. The van der Waals surface area contributed by atoms with Gasteiger partial charge in [-0.2, -0.15) is 5.10 Å². The van der Waals surface area contributed by atoms with Gasteiger partial charge in [0.05, 0.1) is 12.1 Å². The predicted molar refractivity (Wildman–Crippen MR) is 113 cm³/mol. The van der Waals surface area contributed by atoms with Gasteiger partial charge in [-0.25, -0.2) is 18.3 Å². The molecule has 164 valence electrons. The first-order valence-electron chi connectivity index (χ1n) is 10.4. The van der Waals surface area contributed by atoms with Gasteiger partial charge in [0.1, 0.15) is 34.8 Å². The number of aromatic amines is 1. The molecular weight excluding hydrogens is 438 g/mol. The maximum absolute atomic E-state index is 13.7. The van der Waals surface area contributed by atoms with E-state index in [9.17, 15) is 13.6 Å². The standard InChI is InChI=1S/C22H18F2N4O3S/c23-12-6-11(7-13(24)8-12)16-4-5-19-26-28(22(29)27(16)19)14-9-15(10-14)30-17-2-1-3-18-20(17)25-21(32)31-18/h1-3,6-8,14-16H,4-5,9-10H2,(H,25,32)/t14-,15-,16-/m0/s1. The molecule has 3 heterocycles. The van der Waals surface area contributed by atoms with Gasteiger partial charge in [0, 0.05) is 25.3 Å². The Hall–Kier alpha value is -3.27. The van der Waals surface area contributed by atoms with E-state index in [1.807, 2.05) is 18.2 Å². The van der Waals surface area contributed by atoms with Crippen LogP contribution in [0.15, 0.2) is 45.6 Å². The summed E-state index contributed by atoms with van der Waals surface area (Å²) in [4.78, 5) is 16.4. The normalized spacial score (nSPS) is 22.1. The lowest BCUT2D eigenvalue weighted by atomic mass is 9.89. The minimum absolute atomic E-state index is 0.0703. The predicted octanol–water partition coefficient (Wildman–Crippen LogP) is 4.44. The summed E-state index contributed by atoms with van der Waals surface area (Å²) in [6, 6.07) is 8.38. The van der Waals surface area contributed by atoms with Gasteiger partial charge in [-0.05, 0) is 48.5 Å². The number of nitrogens with zero attached hydrogens (tertiary/aromatic N) is 3. The van der Waals surface area contributed by atoms with Gasteiger partial charge in [0.15, 0.2) is 5.58 Å². The zero-order valence-electron chi connectivity index (χ0n) is 16.8. The number of ether oxygens (including phenoxy) is 1. The summed E-state index contributed by atoms with van der Waals surface area (Å²) in [7, 11) is 0. The molecule has 2 aromatic heterocycles. The molecule has 32 heavy (non-hydrogen) atoms. The summed E-state index contributed by atoms with van der Waals surface area (Å²) in [6.45, 7) is 0. The van der Waals surface area contributed by atoms with Crippen molar-refractivity contribution in [1.82, 2.24) is 19.3 Å². The SMILES string of the molecule is O=c1n2c(nn1[C@H]1C[C@H](Oc3cccc4oc(=S)[nH]c34)C1)CC[C@H]2c1cc(F)cc(F)c1. The number of halogens is 2. The lowest BCUT2D eigenvalue weighted by Crippen LogP contribution is -2.41. The Morgan fingerprint density at radius 1 is 1.19 bits per heavy atom. The highest BCUT2D eigenvalue weighted by Crippen LogP contribution is 2.37. The van der Waals surface area contributed by atoms with Crippen molar-refractivity contribution in [1.29, 1.82) is 0 Å². The van der Waals surface area contributed by atoms with Gasteiger partial charge >= 0.3 is 5.69 Å². The Morgan fingerprint density at radius 2 is 1.97 bits per heavy atom. The molecule has 2 aliphatic rings. The smallest absolute Gasteiger partial charge is 0.346 e. The van der Waals surface area contributed by atoms with Crippen LogP contribution in [-0.2, 0) is 6.42 Å². The number of aromatic nitrogens is 4. The van der Waals surface area contributed by atoms with Crippen molar-refractivity contribution in [2.45, 2.75) is 43.9 Å². The van der Waals surface area contributed by atoms with Crippen LogP contribution in [0.3, 0.4) is 0 Å². The number of hydrogen-bond donors (Lipinski definition) is 1. The number of para-hydroxylation sites is 1. The van der Waals surface area contributed by atoms with Crippen LogP contribution in [0.4, 0.5) is 8.78 Å². The van der Waals surface area contributed by atoms with E-state index >= 15 is 0 Å². The molecule has 1 aliphatic carbocycles. The van der Waals surface area contributed by atoms with Crippen molar-refractivity contribution < 1.29 is 17.9 Å². The van der Waals surface area contributed by atoms with Crippen LogP contribution in [-0.4, -0.2) is 25.4 Å². The first kappa shape index (κ1) is 19.4. The average Bonchev–Trinajstić information content (AvgIpc) is 3.38. The molecule has 0 radical (unpaired) electrons. The Bertz CT molecular complexity index is 1440. The maximum Gasteiger partial charge on any atom is 0.346 e. The van der Waals surface area contributed by atoms with E-state index in [1.165, 1.54) is 16.8 Å². The molecule has 0 amide bonds. The molecular formula is C22H18F2N4O3S. The number of nitrogens with one attached hydrogen (secondary N) is 1. The summed E-state index contributed by atoms with van der Waals surface area (Å²) in [5.41, 5.74) is 1.54. The fraction of sp³-hybridized carbons (Fsp3) is 0.318. The quantitative estimate of drug-likeness (QED) is 0.459. The second-order valence-electron chi connectivity index (χ2n) is 8.28. The second kappa shape index (κ2) is 7.13. The lowest BCUT2D eigenvalue weighted by Gasteiger charge is -2.34. The number of aryl methyl sites for hydroxylation is 1. The topological polar surface area (TPSA) is 78.0 Å². The molecule has 2 aromatic carbocycles. The van der Waals surface area contributed by atoms with Gasteiger partial charge < -0.3 is 14.1 Å². The maximum atomic E-state index is 13.7. The highest BCUT2D eigenvalue weighted by atomic mass is 32.1. The fourth-order valence-electron chi connectivity index (χ4n) is 4.69. The van der Waals surface area contributed by atoms with Crippen LogP contribution in [0.1, 0.15) is 42.7 Å². The summed E-state index contributed by atoms with van der Waals surface area (Å²) >= 11 is 5.05. The summed E-state index contributed by atoms with van der Waals surface area (Å²) in [6.07, 6.45) is 2.36. The monoisotopic (exact) mass is 456 g/mol. The van der Waals surface area contributed by atoms with Gasteiger partial charge in [-0.15, -0.1) is 0 Å². The van der Waals surface area contributed by atoms with Crippen LogP contribution >= 0.6 is 12.2 Å². The van der Waals surface area contributed by atoms with E-state index in [-0.39, 0.29) is 22.7 Å². The van der Waals surface area contributed by atoms with E-state index in [1.54, 1.807) is 4.57 Å². The molecule has 1 fully saturated rings. The highest BCUT2D eigenvalue weighted by Gasteiger charge is 2.38. The minimum Gasteiger partial charge on any atom is -0.488 e. The highest BCUT2D eigenvalue weighted by molar-refractivity contribution is 7.71. The minimum atomic E-state index is -0.652. The van der Waals surface area contributed by atoms with Gasteiger partial charge in [0.25, 0.3) is 4.84 Å². The van der Waals surface area contributed by atoms with E-state index in [0.29, 0.717) is 53.9 Å². The summed E-state index contributed by atoms with van der Waals surface area (Å²) in [5.74, 6) is -0.00898. The first-order valence-corrected chi connectivity index (χ1v) is 10.8. The number of rotatable bonds is 4.